The lowest BCUT2D eigenvalue weighted by Crippen LogP contribution is -2.21. The van der Waals surface area contributed by atoms with Gasteiger partial charge in [0, 0.05) is 12.8 Å². The number of pyridine rings is 1. The highest BCUT2D eigenvalue weighted by atomic mass is 16.5. The number of aromatic nitrogens is 3. The van der Waals surface area contributed by atoms with Crippen LogP contribution in [-0.4, -0.2) is 21.6 Å². The summed E-state index contributed by atoms with van der Waals surface area (Å²) in [6, 6.07) is 3.89. The normalized spacial score (nSPS) is 26.2. The molecule has 0 aromatic carbocycles. The van der Waals surface area contributed by atoms with Crippen molar-refractivity contribution in [2.24, 2.45) is 0 Å². The zero-order valence-electron chi connectivity index (χ0n) is 8.66. The molecular formula is C11H13N3O. The molecule has 1 atom stereocenters. The van der Waals surface area contributed by atoms with Crippen LogP contribution in [0, 0.1) is 0 Å². The lowest BCUT2D eigenvalue weighted by molar-refractivity contribution is 0.0103. The highest BCUT2D eigenvalue weighted by Crippen LogP contribution is 2.34. The van der Waals surface area contributed by atoms with Gasteiger partial charge in [-0.1, -0.05) is 0 Å². The third-order valence-electron chi connectivity index (χ3n) is 2.98. The summed E-state index contributed by atoms with van der Waals surface area (Å²) in [5, 5.41) is 0. The quantitative estimate of drug-likeness (QED) is 0.771. The zero-order chi connectivity index (χ0) is 10.3. The molecule has 3 heterocycles. The van der Waals surface area contributed by atoms with Crippen molar-refractivity contribution < 1.29 is 4.74 Å². The molecule has 4 heteroatoms. The number of nitrogens with one attached hydrogen (secondary N) is 1. The van der Waals surface area contributed by atoms with Crippen LogP contribution in [0.1, 0.15) is 25.6 Å². The fourth-order valence-electron chi connectivity index (χ4n) is 2.06. The fraction of sp³-hybridized carbons (Fsp3) is 0.455. The van der Waals surface area contributed by atoms with Crippen LogP contribution in [0.2, 0.25) is 0 Å². The molecule has 1 aliphatic rings. The first kappa shape index (κ1) is 8.85. The molecule has 2 aromatic rings. The van der Waals surface area contributed by atoms with E-state index in [0.29, 0.717) is 0 Å². The number of fused-ring (bicyclic) bond motifs is 1. The zero-order valence-corrected chi connectivity index (χ0v) is 8.66. The second-order valence-electron chi connectivity index (χ2n) is 4.14. The molecule has 0 radical (unpaired) electrons. The molecule has 0 amide bonds. The summed E-state index contributed by atoms with van der Waals surface area (Å²) < 4.78 is 5.73. The number of hydrogen-bond acceptors (Lipinski definition) is 3. The van der Waals surface area contributed by atoms with Crippen LogP contribution in [0.3, 0.4) is 0 Å². The van der Waals surface area contributed by atoms with Crippen LogP contribution < -0.4 is 0 Å². The standard InChI is InChI=1S/C11H13N3O/c1-11(5-3-7-15-11)10-13-8-4-2-6-12-9(8)14-10/h2,4,6H,3,5,7H2,1H3,(H,12,13,14). The second kappa shape index (κ2) is 3.03. The van der Waals surface area contributed by atoms with Crippen molar-refractivity contribution in [2.45, 2.75) is 25.4 Å². The van der Waals surface area contributed by atoms with Crippen LogP contribution >= 0.6 is 0 Å². The molecule has 1 unspecified atom stereocenters. The van der Waals surface area contributed by atoms with Gasteiger partial charge in [-0.15, -0.1) is 0 Å². The average molecular weight is 203 g/mol. The van der Waals surface area contributed by atoms with Gasteiger partial charge < -0.3 is 9.72 Å². The Bertz CT molecular complexity index is 452. The number of nitrogens with zero attached hydrogens (tertiary/aromatic N) is 2. The summed E-state index contributed by atoms with van der Waals surface area (Å²) in [5.41, 5.74) is 1.49. The second-order valence-corrected chi connectivity index (χ2v) is 4.14. The van der Waals surface area contributed by atoms with Gasteiger partial charge in [0.05, 0.1) is 5.52 Å². The Hall–Kier alpha value is -1.42. The van der Waals surface area contributed by atoms with E-state index in [1.54, 1.807) is 6.20 Å². The maximum Gasteiger partial charge on any atom is 0.177 e. The lowest BCUT2D eigenvalue weighted by Gasteiger charge is -2.19. The Kier molecular flexibility index (Phi) is 1.79. The minimum atomic E-state index is -0.249. The van der Waals surface area contributed by atoms with Gasteiger partial charge in [0.1, 0.15) is 11.4 Å². The van der Waals surface area contributed by atoms with E-state index < -0.39 is 0 Å². The maximum absolute atomic E-state index is 5.73. The summed E-state index contributed by atoms with van der Waals surface area (Å²) >= 11 is 0. The molecule has 15 heavy (non-hydrogen) atoms. The van der Waals surface area contributed by atoms with E-state index >= 15 is 0 Å². The molecule has 4 nitrogen and oxygen atoms in total. The third kappa shape index (κ3) is 1.33. The van der Waals surface area contributed by atoms with Crippen molar-refractivity contribution in [1.29, 1.82) is 0 Å². The van der Waals surface area contributed by atoms with Crippen molar-refractivity contribution in [3.05, 3.63) is 24.2 Å². The monoisotopic (exact) mass is 203 g/mol. The molecule has 1 N–H and O–H groups in total. The summed E-state index contributed by atoms with van der Waals surface area (Å²) in [5.74, 6) is 0.897. The predicted octanol–water partition coefficient (Wildman–Crippen LogP) is 1.98. The summed E-state index contributed by atoms with van der Waals surface area (Å²) in [6.07, 6.45) is 3.87. The highest BCUT2D eigenvalue weighted by Gasteiger charge is 2.34. The number of H-pyrrole nitrogens is 1. The van der Waals surface area contributed by atoms with Gasteiger partial charge >= 0.3 is 0 Å². The van der Waals surface area contributed by atoms with Crippen LogP contribution in [0.25, 0.3) is 11.2 Å². The topological polar surface area (TPSA) is 50.8 Å². The number of rotatable bonds is 1. The van der Waals surface area contributed by atoms with Crippen molar-refractivity contribution >= 4 is 11.2 Å². The van der Waals surface area contributed by atoms with Gasteiger partial charge in [-0.05, 0) is 31.9 Å². The predicted molar refractivity (Wildman–Crippen MR) is 56.4 cm³/mol. The molecule has 1 aliphatic heterocycles. The Morgan fingerprint density at radius 3 is 3.20 bits per heavy atom. The first-order chi connectivity index (χ1) is 7.28. The molecule has 1 fully saturated rings. The van der Waals surface area contributed by atoms with Crippen molar-refractivity contribution in [1.82, 2.24) is 15.0 Å². The van der Waals surface area contributed by atoms with Gasteiger partial charge in [0.15, 0.2) is 5.65 Å². The largest absolute Gasteiger partial charge is 0.367 e. The van der Waals surface area contributed by atoms with Crippen molar-refractivity contribution in [3.63, 3.8) is 0 Å². The fourth-order valence-corrected chi connectivity index (χ4v) is 2.06. The molecule has 1 saturated heterocycles. The highest BCUT2D eigenvalue weighted by molar-refractivity contribution is 5.70. The maximum atomic E-state index is 5.73. The average Bonchev–Trinajstić information content (AvgIpc) is 2.84. The molecule has 0 aliphatic carbocycles. The number of hydrogen-bond donors (Lipinski definition) is 1. The summed E-state index contributed by atoms with van der Waals surface area (Å²) in [6.45, 7) is 2.90. The summed E-state index contributed by atoms with van der Waals surface area (Å²) in [7, 11) is 0. The lowest BCUT2D eigenvalue weighted by atomic mass is 10.0. The number of imidazole rings is 1. The minimum Gasteiger partial charge on any atom is -0.367 e. The van der Waals surface area contributed by atoms with E-state index in [4.69, 9.17) is 4.74 Å². The van der Waals surface area contributed by atoms with E-state index in [1.807, 2.05) is 12.1 Å². The van der Waals surface area contributed by atoms with Gasteiger partial charge in [-0.3, -0.25) is 0 Å². The van der Waals surface area contributed by atoms with E-state index in [1.165, 1.54) is 0 Å². The molecule has 3 rings (SSSR count). The number of ether oxygens (including phenoxy) is 1. The Morgan fingerprint density at radius 2 is 2.47 bits per heavy atom. The Morgan fingerprint density at radius 1 is 1.53 bits per heavy atom. The minimum absolute atomic E-state index is 0.249. The molecule has 2 aromatic heterocycles. The smallest absolute Gasteiger partial charge is 0.177 e. The van der Waals surface area contributed by atoms with Crippen molar-refractivity contribution in [2.75, 3.05) is 6.61 Å². The van der Waals surface area contributed by atoms with Crippen LogP contribution in [0.4, 0.5) is 0 Å². The van der Waals surface area contributed by atoms with Gasteiger partial charge in [0.2, 0.25) is 0 Å². The first-order valence-electron chi connectivity index (χ1n) is 5.23. The van der Waals surface area contributed by atoms with E-state index in [0.717, 1.165) is 36.4 Å². The molecule has 0 spiro atoms. The molecule has 0 bridgehead atoms. The van der Waals surface area contributed by atoms with Gasteiger partial charge in [-0.25, -0.2) is 9.97 Å². The SMILES string of the molecule is CC1(c2nc3ncccc3[nH]2)CCCO1. The van der Waals surface area contributed by atoms with Gasteiger partial charge in [0.25, 0.3) is 0 Å². The van der Waals surface area contributed by atoms with Crippen LogP contribution in [0.15, 0.2) is 18.3 Å². The summed E-state index contributed by atoms with van der Waals surface area (Å²) in [4.78, 5) is 12.0. The first-order valence-corrected chi connectivity index (χ1v) is 5.23. The molecular weight excluding hydrogens is 190 g/mol. The van der Waals surface area contributed by atoms with Crippen molar-refractivity contribution in [3.8, 4) is 0 Å². The third-order valence-corrected chi connectivity index (χ3v) is 2.98. The van der Waals surface area contributed by atoms with E-state index in [2.05, 4.69) is 21.9 Å². The van der Waals surface area contributed by atoms with E-state index in [-0.39, 0.29) is 5.60 Å². The Labute approximate surface area is 87.7 Å². The van der Waals surface area contributed by atoms with E-state index in [9.17, 15) is 0 Å². The van der Waals surface area contributed by atoms with Crippen LogP contribution in [0.5, 0.6) is 0 Å². The number of aromatic amines is 1. The molecule has 0 saturated carbocycles. The Balaban J connectivity index is 2.11. The molecule has 78 valence electrons. The van der Waals surface area contributed by atoms with Gasteiger partial charge in [-0.2, -0.15) is 0 Å². The van der Waals surface area contributed by atoms with Crippen LogP contribution in [-0.2, 0) is 10.3 Å².